The number of piperazine rings is 1. The van der Waals surface area contributed by atoms with Gasteiger partial charge in [0, 0.05) is 32.1 Å². The van der Waals surface area contributed by atoms with Gasteiger partial charge in [0.05, 0.1) is 12.3 Å². The topological polar surface area (TPSA) is 89.3 Å². The van der Waals surface area contributed by atoms with Crippen molar-refractivity contribution in [3.8, 4) is 11.4 Å². The highest BCUT2D eigenvalue weighted by Gasteiger charge is 2.27. The van der Waals surface area contributed by atoms with Gasteiger partial charge in [-0.25, -0.2) is 9.97 Å². The number of benzene rings is 1. The van der Waals surface area contributed by atoms with Gasteiger partial charge < -0.3 is 14.5 Å². The molecule has 9 nitrogen and oxygen atoms in total. The van der Waals surface area contributed by atoms with E-state index in [0.717, 1.165) is 30.1 Å². The average molecular weight is 424 g/mol. The summed E-state index contributed by atoms with van der Waals surface area (Å²) in [6.45, 7) is 9.54. The SMILES string of the molecule is CCOc1ccc(-n2nnc3c(N4CCN(C(=O)C(CC)CC)CC4)ncnc32)cc1. The smallest absolute Gasteiger partial charge is 0.225 e. The maximum absolute atomic E-state index is 12.7. The molecular weight excluding hydrogens is 394 g/mol. The van der Waals surface area contributed by atoms with Gasteiger partial charge in [0.2, 0.25) is 5.91 Å². The number of anilines is 1. The predicted molar refractivity (Wildman–Crippen MR) is 118 cm³/mol. The van der Waals surface area contributed by atoms with Crippen LogP contribution in [0.4, 0.5) is 5.82 Å². The third-order valence-corrected chi connectivity index (χ3v) is 5.84. The number of ether oxygens (including phenoxy) is 1. The molecule has 0 aliphatic carbocycles. The van der Waals surface area contributed by atoms with Gasteiger partial charge in [-0.15, -0.1) is 5.10 Å². The van der Waals surface area contributed by atoms with E-state index in [2.05, 4.69) is 39.0 Å². The first-order valence-electron chi connectivity index (χ1n) is 11.0. The van der Waals surface area contributed by atoms with Gasteiger partial charge in [-0.2, -0.15) is 4.68 Å². The molecule has 0 bridgehead atoms. The summed E-state index contributed by atoms with van der Waals surface area (Å²) in [6.07, 6.45) is 3.32. The highest BCUT2D eigenvalue weighted by molar-refractivity contribution is 5.84. The lowest BCUT2D eigenvalue weighted by Gasteiger charge is -2.36. The molecule has 0 atom stereocenters. The van der Waals surface area contributed by atoms with Gasteiger partial charge in [0.1, 0.15) is 12.1 Å². The summed E-state index contributed by atoms with van der Waals surface area (Å²) in [5, 5.41) is 8.69. The minimum absolute atomic E-state index is 0.117. The van der Waals surface area contributed by atoms with Crippen LogP contribution < -0.4 is 9.64 Å². The molecule has 1 amide bonds. The van der Waals surface area contributed by atoms with Gasteiger partial charge in [-0.1, -0.05) is 19.1 Å². The summed E-state index contributed by atoms with van der Waals surface area (Å²) >= 11 is 0. The molecule has 4 rings (SSSR count). The molecule has 31 heavy (non-hydrogen) atoms. The van der Waals surface area contributed by atoms with E-state index in [0.29, 0.717) is 43.9 Å². The largest absolute Gasteiger partial charge is 0.494 e. The first-order chi connectivity index (χ1) is 15.2. The van der Waals surface area contributed by atoms with Crippen molar-refractivity contribution < 1.29 is 9.53 Å². The van der Waals surface area contributed by atoms with Crippen LogP contribution in [0.5, 0.6) is 5.75 Å². The zero-order valence-electron chi connectivity index (χ0n) is 18.4. The summed E-state index contributed by atoms with van der Waals surface area (Å²) in [7, 11) is 0. The molecule has 1 aliphatic rings. The lowest BCUT2D eigenvalue weighted by Crippen LogP contribution is -2.50. The van der Waals surface area contributed by atoms with E-state index in [9.17, 15) is 4.79 Å². The molecule has 0 N–H and O–H groups in total. The van der Waals surface area contributed by atoms with Gasteiger partial charge in [-0.3, -0.25) is 4.79 Å². The Hall–Kier alpha value is -3.23. The van der Waals surface area contributed by atoms with Crippen molar-refractivity contribution in [2.24, 2.45) is 5.92 Å². The summed E-state index contributed by atoms with van der Waals surface area (Å²) < 4.78 is 7.22. The Labute approximate surface area is 182 Å². The Bertz CT molecular complexity index is 1020. The van der Waals surface area contributed by atoms with Gasteiger partial charge in [0.15, 0.2) is 17.0 Å². The molecule has 1 saturated heterocycles. The fourth-order valence-corrected chi connectivity index (χ4v) is 4.03. The molecule has 2 aromatic heterocycles. The van der Waals surface area contributed by atoms with E-state index >= 15 is 0 Å². The molecule has 1 aromatic carbocycles. The monoisotopic (exact) mass is 423 g/mol. The van der Waals surface area contributed by atoms with Crippen molar-refractivity contribution >= 4 is 22.9 Å². The third kappa shape index (κ3) is 4.17. The Morgan fingerprint density at radius 3 is 2.39 bits per heavy atom. The fraction of sp³-hybridized carbons (Fsp3) is 0.500. The second kappa shape index (κ2) is 9.28. The number of carbonyl (C=O) groups is 1. The fourth-order valence-electron chi connectivity index (χ4n) is 4.03. The van der Waals surface area contributed by atoms with Crippen LogP contribution in [-0.2, 0) is 4.79 Å². The number of amides is 1. The number of fused-ring (bicyclic) bond motifs is 1. The molecule has 0 radical (unpaired) electrons. The van der Waals surface area contributed by atoms with Crippen LogP contribution >= 0.6 is 0 Å². The zero-order valence-corrected chi connectivity index (χ0v) is 18.4. The van der Waals surface area contributed by atoms with E-state index in [-0.39, 0.29) is 11.8 Å². The Balaban J connectivity index is 1.53. The van der Waals surface area contributed by atoms with Crippen LogP contribution in [0.25, 0.3) is 16.9 Å². The zero-order chi connectivity index (χ0) is 21.8. The molecule has 0 saturated carbocycles. The second-order valence-corrected chi connectivity index (χ2v) is 7.62. The molecular formula is C22H29N7O2. The van der Waals surface area contributed by atoms with Crippen molar-refractivity contribution in [2.45, 2.75) is 33.6 Å². The van der Waals surface area contributed by atoms with E-state index in [1.54, 1.807) is 11.0 Å². The van der Waals surface area contributed by atoms with Gasteiger partial charge in [0.25, 0.3) is 0 Å². The highest BCUT2D eigenvalue weighted by atomic mass is 16.5. The summed E-state index contributed by atoms with van der Waals surface area (Å²) in [5.41, 5.74) is 2.18. The van der Waals surface area contributed by atoms with Crippen LogP contribution in [0, 0.1) is 5.92 Å². The average Bonchev–Trinajstić information content (AvgIpc) is 3.25. The minimum atomic E-state index is 0.117. The molecule has 3 heterocycles. The number of aromatic nitrogens is 5. The Morgan fingerprint density at radius 2 is 1.74 bits per heavy atom. The van der Waals surface area contributed by atoms with E-state index < -0.39 is 0 Å². The Morgan fingerprint density at radius 1 is 1.03 bits per heavy atom. The van der Waals surface area contributed by atoms with Crippen molar-refractivity contribution in [1.82, 2.24) is 29.9 Å². The van der Waals surface area contributed by atoms with Crippen LogP contribution in [-0.4, -0.2) is 68.6 Å². The summed E-state index contributed by atoms with van der Waals surface area (Å²) in [5.74, 6) is 1.95. The van der Waals surface area contributed by atoms with Gasteiger partial charge in [-0.05, 0) is 44.0 Å². The maximum Gasteiger partial charge on any atom is 0.225 e. The number of hydrogen-bond donors (Lipinski definition) is 0. The number of hydrogen-bond acceptors (Lipinski definition) is 7. The lowest BCUT2D eigenvalue weighted by atomic mass is 10.0. The Kier molecular flexibility index (Phi) is 6.29. The van der Waals surface area contributed by atoms with Crippen LogP contribution in [0.15, 0.2) is 30.6 Å². The molecule has 9 heteroatoms. The van der Waals surface area contributed by atoms with Gasteiger partial charge >= 0.3 is 0 Å². The van der Waals surface area contributed by atoms with E-state index in [1.165, 1.54) is 0 Å². The summed E-state index contributed by atoms with van der Waals surface area (Å²) in [6, 6.07) is 7.68. The molecule has 0 unspecified atom stereocenters. The molecule has 0 spiro atoms. The van der Waals surface area contributed by atoms with Crippen molar-refractivity contribution in [3.63, 3.8) is 0 Å². The summed E-state index contributed by atoms with van der Waals surface area (Å²) in [4.78, 5) is 25.7. The number of nitrogens with zero attached hydrogens (tertiary/aromatic N) is 7. The standard InChI is InChI=1S/C22H29N7O2/c1-4-16(5-2)22(30)28-13-11-27(12-14-28)20-19-21(24-15-23-20)29(26-25-19)17-7-9-18(10-8-17)31-6-3/h7-10,15-16H,4-6,11-14H2,1-3H3. The molecule has 164 valence electrons. The molecule has 3 aromatic rings. The first kappa shape index (κ1) is 21.0. The molecule has 1 fully saturated rings. The lowest BCUT2D eigenvalue weighted by molar-refractivity contribution is -0.136. The van der Waals surface area contributed by atoms with Crippen molar-refractivity contribution in [3.05, 3.63) is 30.6 Å². The van der Waals surface area contributed by atoms with Crippen molar-refractivity contribution in [1.29, 1.82) is 0 Å². The quantitative estimate of drug-likeness (QED) is 0.577. The van der Waals surface area contributed by atoms with Crippen LogP contribution in [0.3, 0.4) is 0 Å². The van der Waals surface area contributed by atoms with Crippen LogP contribution in [0.1, 0.15) is 33.6 Å². The second-order valence-electron chi connectivity index (χ2n) is 7.62. The third-order valence-electron chi connectivity index (χ3n) is 5.84. The first-order valence-corrected chi connectivity index (χ1v) is 11.0. The number of carbonyl (C=O) groups excluding carboxylic acids is 1. The number of rotatable bonds is 7. The normalized spacial score (nSPS) is 14.5. The highest BCUT2D eigenvalue weighted by Crippen LogP contribution is 2.25. The van der Waals surface area contributed by atoms with E-state index in [1.807, 2.05) is 36.1 Å². The van der Waals surface area contributed by atoms with Crippen molar-refractivity contribution in [2.75, 3.05) is 37.7 Å². The van der Waals surface area contributed by atoms with E-state index in [4.69, 9.17) is 4.74 Å². The molecule has 1 aliphatic heterocycles. The maximum atomic E-state index is 12.7. The minimum Gasteiger partial charge on any atom is -0.494 e. The predicted octanol–water partition coefficient (Wildman–Crippen LogP) is 2.69. The van der Waals surface area contributed by atoms with Crippen LogP contribution in [0.2, 0.25) is 0 Å².